The van der Waals surface area contributed by atoms with Gasteiger partial charge in [-0.25, -0.2) is 0 Å². The molecule has 1 heterocycles. The standard InChI is InChI=1S/C12H17NO2S/c14-12(11-7-4-8-13-11)9-16(15)10-5-2-1-3-6-10/h1-3,5-6,11-14H,4,7-9H2/t11-,12+,16?/m0/s1. The second-order valence-corrected chi connectivity index (χ2v) is 5.59. The molecular formula is C12H17NO2S. The van der Waals surface area contributed by atoms with Gasteiger partial charge >= 0.3 is 0 Å². The smallest absolute Gasteiger partial charge is 0.0811 e. The van der Waals surface area contributed by atoms with E-state index in [-0.39, 0.29) is 6.04 Å². The molecule has 2 N–H and O–H groups in total. The fraction of sp³-hybridized carbons (Fsp3) is 0.500. The topological polar surface area (TPSA) is 49.3 Å². The molecule has 0 saturated carbocycles. The SMILES string of the molecule is O=S(C[C@@H](O)[C@@H]1CCCN1)c1ccccc1. The Morgan fingerprint density at radius 2 is 2.19 bits per heavy atom. The Morgan fingerprint density at radius 1 is 1.44 bits per heavy atom. The minimum Gasteiger partial charge on any atom is -0.391 e. The van der Waals surface area contributed by atoms with E-state index in [9.17, 15) is 9.32 Å². The van der Waals surface area contributed by atoms with Gasteiger partial charge in [0, 0.05) is 10.9 Å². The van der Waals surface area contributed by atoms with Crippen LogP contribution in [-0.2, 0) is 10.8 Å². The number of hydrogen-bond acceptors (Lipinski definition) is 3. The summed E-state index contributed by atoms with van der Waals surface area (Å²) in [6.07, 6.45) is 1.57. The Morgan fingerprint density at radius 3 is 2.81 bits per heavy atom. The zero-order valence-electron chi connectivity index (χ0n) is 9.13. The molecule has 1 aromatic carbocycles. The zero-order chi connectivity index (χ0) is 11.4. The van der Waals surface area contributed by atoms with Crippen LogP contribution in [0.25, 0.3) is 0 Å². The average molecular weight is 239 g/mol. The van der Waals surface area contributed by atoms with E-state index in [0.717, 1.165) is 24.3 Å². The van der Waals surface area contributed by atoms with Crippen LogP contribution in [0.3, 0.4) is 0 Å². The normalized spacial score (nSPS) is 24.2. The average Bonchev–Trinajstić information content (AvgIpc) is 2.83. The Labute approximate surface area is 98.3 Å². The van der Waals surface area contributed by atoms with Gasteiger partial charge < -0.3 is 10.4 Å². The van der Waals surface area contributed by atoms with Crippen LogP contribution < -0.4 is 5.32 Å². The first-order valence-corrected chi connectivity index (χ1v) is 6.94. The van der Waals surface area contributed by atoms with E-state index in [1.54, 1.807) is 0 Å². The number of aliphatic hydroxyl groups is 1. The van der Waals surface area contributed by atoms with Gasteiger partial charge in [0.2, 0.25) is 0 Å². The third kappa shape index (κ3) is 2.90. The van der Waals surface area contributed by atoms with Crippen molar-refractivity contribution in [3.8, 4) is 0 Å². The maximum Gasteiger partial charge on any atom is 0.0811 e. The van der Waals surface area contributed by atoms with Crippen molar-refractivity contribution in [2.24, 2.45) is 0 Å². The molecule has 88 valence electrons. The summed E-state index contributed by atoms with van der Waals surface area (Å²) in [5, 5.41) is 13.2. The molecule has 1 aliphatic rings. The van der Waals surface area contributed by atoms with Crippen molar-refractivity contribution >= 4 is 10.8 Å². The lowest BCUT2D eigenvalue weighted by Gasteiger charge is -2.17. The molecule has 0 aromatic heterocycles. The number of hydrogen-bond donors (Lipinski definition) is 2. The highest BCUT2D eigenvalue weighted by atomic mass is 32.2. The largest absolute Gasteiger partial charge is 0.391 e. The lowest BCUT2D eigenvalue weighted by Crippen LogP contribution is -2.38. The van der Waals surface area contributed by atoms with Crippen molar-refractivity contribution in [1.82, 2.24) is 5.32 Å². The number of nitrogens with one attached hydrogen (secondary N) is 1. The van der Waals surface area contributed by atoms with E-state index in [1.165, 1.54) is 0 Å². The molecule has 1 saturated heterocycles. The lowest BCUT2D eigenvalue weighted by atomic mass is 10.1. The van der Waals surface area contributed by atoms with E-state index < -0.39 is 16.9 Å². The molecule has 4 heteroatoms. The van der Waals surface area contributed by atoms with E-state index in [1.807, 2.05) is 30.3 Å². The summed E-state index contributed by atoms with van der Waals surface area (Å²) in [4.78, 5) is 0.791. The summed E-state index contributed by atoms with van der Waals surface area (Å²) < 4.78 is 11.9. The van der Waals surface area contributed by atoms with Crippen molar-refractivity contribution in [2.45, 2.75) is 29.9 Å². The third-order valence-electron chi connectivity index (χ3n) is 2.89. The highest BCUT2D eigenvalue weighted by Gasteiger charge is 2.24. The van der Waals surface area contributed by atoms with Crippen LogP contribution in [0.5, 0.6) is 0 Å². The van der Waals surface area contributed by atoms with Crippen molar-refractivity contribution in [2.75, 3.05) is 12.3 Å². The third-order valence-corrected chi connectivity index (χ3v) is 4.33. The minimum absolute atomic E-state index is 0.118. The first-order valence-electron chi connectivity index (χ1n) is 5.62. The molecular weight excluding hydrogens is 222 g/mol. The van der Waals surface area contributed by atoms with Crippen LogP contribution in [0.2, 0.25) is 0 Å². The molecule has 1 aromatic rings. The fourth-order valence-corrected chi connectivity index (χ4v) is 3.18. The van der Waals surface area contributed by atoms with Crippen molar-refractivity contribution in [1.29, 1.82) is 0 Å². The van der Waals surface area contributed by atoms with Gasteiger partial charge in [0.15, 0.2) is 0 Å². The van der Waals surface area contributed by atoms with Crippen LogP contribution in [-0.4, -0.2) is 33.8 Å². The number of aliphatic hydroxyl groups excluding tert-OH is 1. The predicted molar refractivity (Wildman–Crippen MR) is 64.7 cm³/mol. The predicted octanol–water partition coefficient (Wildman–Crippen LogP) is 0.907. The molecule has 0 radical (unpaired) electrons. The maximum absolute atomic E-state index is 11.9. The Kier molecular flexibility index (Phi) is 4.09. The van der Waals surface area contributed by atoms with Gasteiger partial charge in [0.05, 0.1) is 22.7 Å². The summed E-state index contributed by atoms with van der Waals surface area (Å²) in [7, 11) is -1.10. The highest BCUT2D eigenvalue weighted by molar-refractivity contribution is 7.85. The Bertz CT molecular complexity index is 349. The van der Waals surface area contributed by atoms with Crippen molar-refractivity contribution in [3.05, 3.63) is 30.3 Å². The van der Waals surface area contributed by atoms with Crippen LogP contribution in [0.1, 0.15) is 12.8 Å². The van der Waals surface area contributed by atoms with Gasteiger partial charge in [-0.3, -0.25) is 4.21 Å². The van der Waals surface area contributed by atoms with E-state index in [4.69, 9.17) is 0 Å². The number of rotatable bonds is 4. The maximum atomic E-state index is 11.9. The summed E-state index contributed by atoms with van der Waals surface area (Å²) >= 11 is 0. The first-order chi connectivity index (χ1) is 7.77. The molecule has 2 rings (SSSR count). The van der Waals surface area contributed by atoms with E-state index in [0.29, 0.717) is 5.75 Å². The van der Waals surface area contributed by atoms with Crippen molar-refractivity contribution < 1.29 is 9.32 Å². The van der Waals surface area contributed by atoms with E-state index in [2.05, 4.69) is 5.32 Å². The first kappa shape index (κ1) is 11.8. The van der Waals surface area contributed by atoms with Crippen molar-refractivity contribution in [3.63, 3.8) is 0 Å². The quantitative estimate of drug-likeness (QED) is 0.821. The summed E-state index contributed by atoms with van der Waals surface area (Å²) in [5.41, 5.74) is 0. The summed E-state index contributed by atoms with van der Waals surface area (Å²) in [6.45, 7) is 0.958. The van der Waals surface area contributed by atoms with Gasteiger partial charge in [-0.2, -0.15) is 0 Å². The van der Waals surface area contributed by atoms with Crippen LogP contribution >= 0.6 is 0 Å². The minimum atomic E-state index is -1.10. The molecule has 0 amide bonds. The second kappa shape index (κ2) is 5.57. The second-order valence-electron chi connectivity index (χ2n) is 4.10. The summed E-state index contributed by atoms with van der Waals surface area (Å²) in [5.74, 6) is 0.321. The number of benzene rings is 1. The molecule has 0 aliphatic carbocycles. The molecule has 1 fully saturated rings. The van der Waals surface area contributed by atoms with Crippen LogP contribution in [0.4, 0.5) is 0 Å². The van der Waals surface area contributed by atoms with E-state index >= 15 is 0 Å². The van der Waals surface area contributed by atoms with Crippen LogP contribution in [0.15, 0.2) is 35.2 Å². The van der Waals surface area contributed by atoms with Gasteiger partial charge in [0.1, 0.15) is 0 Å². The highest BCUT2D eigenvalue weighted by Crippen LogP contribution is 2.13. The fourth-order valence-electron chi connectivity index (χ4n) is 1.98. The molecule has 3 nitrogen and oxygen atoms in total. The van der Waals surface area contributed by atoms with Gasteiger partial charge in [0.25, 0.3) is 0 Å². The zero-order valence-corrected chi connectivity index (χ0v) is 9.95. The molecule has 3 atom stereocenters. The summed E-state index contributed by atoms with van der Waals surface area (Å²) in [6, 6.07) is 9.43. The molecule has 16 heavy (non-hydrogen) atoms. The Balaban J connectivity index is 1.92. The van der Waals surface area contributed by atoms with Gasteiger partial charge in [-0.1, -0.05) is 18.2 Å². The monoisotopic (exact) mass is 239 g/mol. The molecule has 1 unspecified atom stereocenters. The van der Waals surface area contributed by atoms with Crippen LogP contribution in [0, 0.1) is 0 Å². The van der Waals surface area contributed by atoms with Gasteiger partial charge in [-0.05, 0) is 31.5 Å². The lowest BCUT2D eigenvalue weighted by molar-refractivity contribution is 0.158. The van der Waals surface area contributed by atoms with Gasteiger partial charge in [-0.15, -0.1) is 0 Å². The molecule has 0 bridgehead atoms. The molecule has 0 spiro atoms. The Hall–Kier alpha value is -0.710. The molecule has 1 aliphatic heterocycles.